The quantitative estimate of drug-likeness (QED) is 0.0463. The largest absolute Gasteiger partial charge is 0.466 e. The summed E-state index contributed by atoms with van der Waals surface area (Å²) in [7, 11) is 0. The summed E-state index contributed by atoms with van der Waals surface area (Å²) in [5, 5.41) is 0. The van der Waals surface area contributed by atoms with E-state index in [2.05, 4.69) is 13.8 Å². The van der Waals surface area contributed by atoms with Crippen LogP contribution in [0.4, 0.5) is 0 Å². The van der Waals surface area contributed by atoms with Crippen LogP contribution in [0, 0.1) is 0 Å². The molecule has 0 N–H and O–H groups in total. The SMILES string of the molecule is CCCCCCCCCCCCCCCCCCCCCCCCCCCCCCCCCCCC(=O)OCCCCCCCCCCCCC. The van der Waals surface area contributed by atoms with Gasteiger partial charge in [0.15, 0.2) is 0 Å². The van der Waals surface area contributed by atoms with Crippen molar-refractivity contribution in [2.75, 3.05) is 6.61 Å². The number of esters is 1. The van der Waals surface area contributed by atoms with Crippen molar-refractivity contribution >= 4 is 5.97 Å². The molecule has 0 aliphatic rings. The molecule has 0 aliphatic heterocycles. The fourth-order valence-corrected chi connectivity index (χ4v) is 7.85. The van der Waals surface area contributed by atoms with Gasteiger partial charge in [0.05, 0.1) is 6.61 Å². The van der Waals surface area contributed by atoms with Crippen molar-refractivity contribution in [3.8, 4) is 0 Å². The molecule has 306 valence electrons. The molecule has 0 saturated heterocycles. The van der Waals surface area contributed by atoms with Crippen LogP contribution in [0.15, 0.2) is 0 Å². The number of carbonyl (C=O) groups excluding carboxylic acids is 1. The number of hydrogen-bond donors (Lipinski definition) is 0. The van der Waals surface area contributed by atoms with E-state index in [1.807, 2.05) is 0 Å². The number of ether oxygens (including phenoxy) is 1. The van der Waals surface area contributed by atoms with Gasteiger partial charge in [0, 0.05) is 6.42 Å². The second kappa shape index (κ2) is 47.5. The maximum absolute atomic E-state index is 12.0. The Morgan fingerprint density at radius 2 is 0.431 bits per heavy atom. The summed E-state index contributed by atoms with van der Waals surface area (Å²) >= 11 is 0. The predicted molar refractivity (Wildman–Crippen MR) is 230 cm³/mol. The van der Waals surface area contributed by atoms with Gasteiger partial charge in [-0.15, -0.1) is 0 Å². The lowest BCUT2D eigenvalue weighted by Gasteiger charge is -2.06. The van der Waals surface area contributed by atoms with Gasteiger partial charge < -0.3 is 4.74 Å². The zero-order valence-corrected chi connectivity index (χ0v) is 35.8. The van der Waals surface area contributed by atoms with Gasteiger partial charge in [0.25, 0.3) is 0 Å². The van der Waals surface area contributed by atoms with Crippen LogP contribution in [0.3, 0.4) is 0 Å². The molecular weight excluding hydrogens is 621 g/mol. The van der Waals surface area contributed by atoms with Crippen molar-refractivity contribution in [1.82, 2.24) is 0 Å². The number of carbonyl (C=O) groups is 1. The average molecular weight is 719 g/mol. The molecule has 0 heterocycles. The van der Waals surface area contributed by atoms with Gasteiger partial charge in [-0.25, -0.2) is 0 Å². The minimum atomic E-state index is 0.0304. The van der Waals surface area contributed by atoms with E-state index in [1.54, 1.807) is 0 Å². The van der Waals surface area contributed by atoms with Gasteiger partial charge in [-0.05, 0) is 12.8 Å². The molecule has 0 amide bonds. The molecule has 0 spiro atoms. The molecule has 0 aliphatic carbocycles. The third-order valence-corrected chi connectivity index (χ3v) is 11.5. The summed E-state index contributed by atoms with van der Waals surface area (Å²) in [5.41, 5.74) is 0. The van der Waals surface area contributed by atoms with Gasteiger partial charge in [0.2, 0.25) is 0 Å². The Balaban J connectivity index is 3.12. The highest BCUT2D eigenvalue weighted by atomic mass is 16.5. The van der Waals surface area contributed by atoms with Crippen molar-refractivity contribution in [1.29, 1.82) is 0 Å². The topological polar surface area (TPSA) is 26.3 Å². The number of rotatable bonds is 46. The molecule has 0 atom stereocenters. The second-order valence-corrected chi connectivity index (χ2v) is 16.8. The van der Waals surface area contributed by atoms with E-state index in [0.717, 1.165) is 12.8 Å². The highest BCUT2D eigenvalue weighted by Crippen LogP contribution is 2.17. The minimum Gasteiger partial charge on any atom is -0.466 e. The van der Waals surface area contributed by atoms with Crippen LogP contribution in [-0.4, -0.2) is 12.6 Å². The van der Waals surface area contributed by atoms with Gasteiger partial charge in [0.1, 0.15) is 0 Å². The normalized spacial score (nSPS) is 11.5. The van der Waals surface area contributed by atoms with E-state index >= 15 is 0 Å². The highest BCUT2D eigenvalue weighted by molar-refractivity contribution is 5.69. The van der Waals surface area contributed by atoms with Gasteiger partial charge >= 0.3 is 5.97 Å². The Hall–Kier alpha value is -0.530. The molecule has 0 unspecified atom stereocenters. The maximum atomic E-state index is 12.0. The Labute approximate surface area is 324 Å². The van der Waals surface area contributed by atoms with Gasteiger partial charge in [-0.3, -0.25) is 4.79 Å². The fourth-order valence-electron chi connectivity index (χ4n) is 7.85. The monoisotopic (exact) mass is 719 g/mol. The highest BCUT2D eigenvalue weighted by Gasteiger charge is 2.03. The van der Waals surface area contributed by atoms with E-state index < -0.39 is 0 Å². The van der Waals surface area contributed by atoms with E-state index in [0.29, 0.717) is 13.0 Å². The van der Waals surface area contributed by atoms with Crippen LogP contribution >= 0.6 is 0 Å². The molecule has 0 aromatic heterocycles. The Morgan fingerprint density at radius 1 is 0.255 bits per heavy atom. The zero-order valence-electron chi connectivity index (χ0n) is 35.8. The van der Waals surface area contributed by atoms with Crippen LogP contribution in [-0.2, 0) is 9.53 Å². The lowest BCUT2D eigenvalue weighted by atomic mass is 10.0. The first kappa shape index (κ1) is 50.5. The van der Waals surface area contributed by atoms with E-state index in [-0.39, 0.29) is 5.97 Å². The molecule has 0 radical (unpaired) electrons. The third-order valence-electron chi connectivity index (χ3n) is 11.5. The summed E-state index contributed by atoms with van der Waals surface area (Å²) < 4.78 is 5.46. The summed E-state index contributed by atoms with van der Waals surface area (Å²) in [6, 6.07) is 0. The molecule has 51 heavy (non-hydrogen) atoms. The molecular formula is C49H98O2. The van der Waals surface area contributed by atoms with Crippen LogP contribution in [0.25, 0.3) is 0 Å². The first-order valence-corrected chi connectivity index (χ1v) is 24.5. The Bertz CT molecular complexity index is 615. The van der Waals surface area contributed by atoms with Crippen LogP contribution in [0.1, 0.15) is 303 Å². The zero-order chi connectivity index (χ0) is 36.8. The lowest BCUT2D eigenvalue weighted by Crippen LogP contribution is -2.05. The van der Waals surface area contributed by atoms with E-state index in [9.17, 15) is 4.79 Å². The van der Waals surface area contributed by atoms with Crippen molar-refractivity contribution in [2.24, 2.45) is 0 Å². The summed E-state index contributed by atoms with van der Waals surface area (Å²) in [5.74, 6) is 0.0304. The molecule has 0 saturated carbocycles. The van der Waals surface area contributed by atoms with Crippen LogP contribution < -0.4 is 0 Å². The molecule has 0 aromatic carbocycles. The lowest BCUT2D eigenvalue weighted by molar-refractivity contribution is -0.143. The summed E-state index contributed by atoms with van der Waals surface area (Å²) in [6.07, 6.45) is 62.5. The smallest absolute Gasteiger partial charge is 0.305 e. The minimum absolute atomic E-state index is 0.0304. The number of unbranched alkanes of at least 4 members (excludes halogenated alkanes) is 42. The molecule has 0 rings (SSSR count). The average Bonchev–Trinajstić information content (AvgIpc) is 3.14. The standard InChI is InChI=1S/C49H98O2/c1-3-5-7-9-11-13-15-16-17-18-19-20-21-22-23-24-25-26-27-28-29-30-31-32-33-34-35-36-37-39-41-43-45-47-49(50)51-48-46-44-42-40-38-14-12-10-8-6-4-2/h3-48H2,1-2H3. The molecule has 0 aromatic rings. The predicted octanol–water partition coefficient (Wildman–Crippen LogP) is 18.1. The summed E-state index contributed by atoms with van der Waals surface area (Å²) in [6.45, 7) is 5.22. The number of hydrogen-bond acceptors (Lipinski definition) is 2. The summed E-state index contributed by atoms with van der Waals surface area (Å²) in [4.78, 5) is 12.0. The molecule has 0 fully saturated rings. The first-order valence-electron chi connectivity index (χ1n) is 24.5. The van der Waals surface area contributed by atoms with Crippen LogP contribution in [0.5, 0.6) is 0 Å². The van der Waals surface area contributed by atoms with Crippen molar-refractivity contribution in [3.05, 3.63) is 0 Å². The first-order chi connectivity index (χ1) is 25.3. The maximum Gasteiger partial charge on any atom is 0.305 e. The molecule has 0 bridgehead atoms. The van der Waals surface area contributed by atoms with Crippen molar-refractivity contribution < 1.29 is 9.53 Å². The van der Waals surface area contributed by atoms with Crippen molar-refractivity contribution in [2.45, 2.75) is 303 Å². The third kappa shape index (κ3) is 47.4. The Kier molecular flexibility index (Phi) is 47.0. The molecule has 2 heteroatoms. The Morgan fingerprint density at radius 3 is 0.647 bits per heavy atom. The van der Waals surface area contributed by atoms with Crippen molar-refractivity contribution in [3.63, 3.8) is 0 Å². The van der Waals surface area contributed by atoms with E-state index in [4.69, 9.17) is 4.74 Å². The van der Waals surface area contributed by atoms with E-state index in [1.165, 1.54) is 270 Å². The fraction of sp³-hybridized carbons (Fsp3) is 0.980. The second-order valence-electron chi connectivity index (χ2n) is 16.8. The van der Waals surface area contributed by atoms with Gasteiger partial charge in [-0.2, -0.15) is 0 Å². The molecule has 2 nitrogen and oxygen atoms in total. The van der Waals surface area contributed by atoms with Gasteiger partial charge in [-0.1, -0.05) is 284 Å². The van der Waals surface area contributed by atoms with Crippen LogP contribution in [0.2, 0.25) is 0 Å².